The number of anilines is 2. The molecule has 2 atom stereocenters. The van der Waals surface area contributed by atoms with E-state index in [2.05, 4.69) is 63.9 Å². The van der Waals surface area contributed by atoms with Crippen molar-refractivity contribution in [1.29, 1.82) is 0 Å². The van der Waals surface area contributed by atoms with Crippen LogP contribution in [0.1, 0.15) is 6.92 Å². The summed E-state index contributed by atoms with van der Waals surface area (Å²) in [5.74, 6) is 0.487. The Balaban J connectivity index is 1.26. The number of phenolic OH excluding ortho intramolecular Hbond substituents is 1. The quantitative estimate of drug-likeness (QED) is 0.703. The monoisotopic (exact) mass is 420 g/mol. The van der Waals surface area contributed by atoms with Crippen molar-refractivity contribution in [2.75, 3.05) is 56.0 Å². The first-order valence-corrected chi connectivity index (χ1v) is 11.0. The second kappa shape index (κ2) is 9.43. The van der Waals surface area contributed by atoms with E-state index in [4.69, 9.17) is 0 Å². The molecular weight excluding hydrogens is 388 g/mol. The Kier molecular flexibility index (Phi) is 6.47. The maximum absolute atomic E-state index is 12.8. The van der Waals surface area contributed by atoms with Crippen LogP contribution in [0.2, 0.25) is 0 Å². The number of carbonyl (C=O) groups excluding carboxylic acids is 1. The number of carbonyl (C=O) groups is 1. The van der Waals surface area contributed by atoms with Crippen LogP contribution in [0.15, 0.2) is 66.9 Å². The zero-order valence-corrected chi connectivity index (χ0v) is 18.2. The fraction of sp³-hybridized carbons (Fsp3) is 0.400. The molecule has 2 aromatic carbocycles. The van der Waals surface area contributed by atoms with Gasteiger partial charge in [0, 0.05) is 62.9 Å². The van der Waals surface area contributed by atoms with Crippen molar-refractivity contribution >= 4 is 17.3 Å². The number of piperazine rings is 1. The average molecular weight is 421 g/mol. The molecule has 4 rings (SSSR count). The molecule has 0 spiro atoms. The summed E-state index contributed by atoms with van der Waals surface area (Å²) in [6.45, 7) is 12.9. The van der Waals surface area contributed by atoms with E-state index >= 15 is 0 Å². The predicted molar refractivity (Wildman–Crippen MR) is 125 cm³/mol. The molecule has 164 valence electrons. The molecule has 2 aliphatic rings. The zero-order valence-electron chi connectivity index (χ0n) is 18.2. The highest BCUT2D eigenvalue weighted by Gasteiger charge is 2.35. The highest BCUT2D eigenvalue weighted by Crippen LogP contribution is 2.26. The van der Waals surface area contributed by atoms with E-state index in [0.717, 1.165) is 51.5 Å². The maximum atomic E-state index is 12.8. The standard InChI is InChI=1S/C25H32N4O2/c1-19-16-27(18-24(19)25(31)26-21-8-10-23(30)11-9-21)17-20(2)28-12-14-29(15-13-28)22-6-4-3-5-7-22/h3-11,19,24,30H,2,12-18H2,1H3,(H,26,31)/t19-,24-/m0/s1. The van der Waals surface area contributed by atoms with E-state index < -0.39 is 0 Å². The molecule has 2 N–H and O–H groups in total. The first-order chi connectivity index (χ1) is 15.0. The van der Waals surface area contributed by atoms with E-state index in [1.165, 1.54) is 5.69 Å². The number of benzene rings is 2. The molecule has 2 aromatic rings. The van der Waals surface area contributed by atoms with Gasteiger partial charge in [-0.2, -0.15) is 0 Å². The molecule has 6 nitrogen and oxygen atoms in total. The van der Waals surface area contributed by atoms with E-state index in [-0.39, 0.29) is 17.6 Å². The molecule has 2 saturated heterocycles. The first-order valence-electron chi connectivity index (χ1n) is 11.0. The lowest BCUT2D eigenvalue weighted by Crippen LogP contribution is -2.47. The maximum Gasteiger partial charge on any atom is 0.229 e. The number of hydrogen-bond acceptors (Lipinski definition) is 5. The van der Waals surface area contributed by atoms with Crippen molar-refractivity contribution in [3.63, 3.8) is 0 Å². The number of nitrogens with one attached hydrogen (secondary N) is 1. The Bertz CT molecular complexity index is 891. The molecule has 31 heavy (non-hydrogen) atoms. The molecule has 2 fully saturated rings. The van der Waals surface area contributed by atoms with Crippen LogP contribution in [-0.4, -0.2) is 66.6 Å². The topological polar surface area (TPSA) is 59.1 Å². The van der Waals surface area contributed by atoms with Crippen molar-refractivity contribution in [3.8, 4) is 5.75 Å². The number of phenols is 1. The van der Waals surface area contributed by atoms with Crippen molar-refractivity contribution in [2.45, 2.75) is 6.92 Å². The summed E-state index contributed by atoms with van der Waals surface area (Å²) < 4.78 is 0. The third-order valence-corrected chi connectivity index (χ3v) is 6.41. The van der Waals surface area contributed by atoms with Crippen LogP contribution in [0.5, 0.6) is 5.75 Å². The Morgan fingerprint density at radius 2 is 1.71 bits per heavy atom. The van der Waals surface area contributed by atoms with Gasteiger partial charge in [0.25, 0.3) is 0 Å². The summed E-state index contributed by atoms with van der Waals surface area (Å²) in [6.07, 6.45) is 0. The highest BCUT2D eigenvalue weighted by molar-refractivity contribution is 5.93. The average Bonchev–Trinajstić information content (AvgIpc) is 3.16. The van der Waals surface area contributed by atoms with Crippen LogP contribution in [-0.2, 0) is 4.79 Å². The van der Waals surface area contributed by atoms with Crippen LogP contribution < -0.4 is 10.2 Å². The van der Waals surface area contributed by atoms with Gasteiger partial charge in [-0.05, 0) is 42.3 Å². The summed E-state index contributed by atoms with van der Waals surface area (Å²) in [4.78, 5) is 19.9. The minimum Gasteiger partial charge on any atom is -0.508 e. The lowest BCUT2D eigenvalue weighted by molar-refractivity contribution is -0.120. The number of para-hydroxylation sites is 1. The third-order valence-electron chi connectivity index (χ3n) is 6.41. The number of amides is 1. The number of aromatic hydroxyl groups is 1. The van der Waals surface area contributed by atoms with Gasteiger partial charge < -0.3 is 20.2 Å². The molecule has 0 radical (unpaired) electrons. The van der Waals surface area contributed by atoms with Gasteiger partial charge in [0.05, 0.1) is 5.92 Å². The SMILES string of the molecule is C=C(CN1C[C@H](C(=O)Nc2ccc(O)cc2)[C@@H](C)C1)N1CCN(c2ccccc2)CC1. The lowest BCUT2D eigenvalue weighted by atomic mass is 9.97. The van der Waals surface area contributed by atoms with Gasteiger partial charge in [0.2, 0.25) is 5.91 Å². The van der Waals surface area contributed by atoms with Crippen LogP contribution in [0.25, 0.3) is 0 Å². The zero-order chi connectivity index (χ0) is 21.8. The molecule has 0 aliphatic carbocycles. The van der Waals surface area contributed by atoms with E-state index in [1.54, 1.807) is 24.3 Å². The second-order valence-electron chi connectivity index (χ2n) is 8.69. The van der Waals surface area contributed by atoms with Gasteiger partial charge in [0.1, 0.15) is 5.75 Å². The Morgan fingerprint density at radius 3 is 2.39 bits per heavy atom. The molecule has 2 aliphatic heterocycles. The smallest absolute Gasteiger partial charge is 0.229 e. The molecule has 0 saturated carbocycles. The summed E-state index contributed by atoms with van der Waals surface area (Å²) in [5.41, 5.74) is 3.14. The molecule has 0 unspecified atom stereocenters. The molecule has 6 heteroatoms. The van der Waals surface area contributed by atoms with Crippen LogP contribution in [0.4, 0.5) is 11.4 Å². The van der Waals surface area contributed by atoms with Gasteiger partial charge >= 0.3 is 0 Å². The number of rotatable bonds is 6. The third kappa shape index (κ3) is 5.20. The number of hydrogen-bond donors (Lipinski definition) is 2. The van der Waals surface area contributed by atoms with Crippen molar-refractivity contribution < 1.29 is 9.90 Å². The normalized spacial score (nSPS) is 21.8. The summed E-state index contributed by atoms with van der Waals surface area (Å²) >= 11 is 0. The van der Waals surface area contributed by atoms with E-state index in [1.807, 2.05) is 0 Å². The summed E-state index contributed by atoms with van der Waals surface area (Å²) in [6, 6.07) is 17.2. The summed E-state index contributed by atoms with van der Waals surface area (Å²) in [7, 11) is 0. The van der Waals surface area contributed by atoms with Crippen LogP contribution in [0.3, 0.4) is 0 Å². The molecular formula is C25H32N4O2. The fourth-order valence-electron chi connectivity index (χ4n) is 4.60. The van der Waals surface area contributed by atoms with Crippen molar-refractivity contribution in [2.24, 2.45) is 11.8 Å². The lowest BCUT2D eigenvalue weighted by Gasteiger charge is -2.39. The minimum absolute atomic E-state index is 0.0442. The number of nitrogens with zero attached hydrogens (tertiary/aromatic N) is 3. The van der Waals surface area contributed by atoms with Gasteiger partial charge in [-0.1, -0.05) is 31.7 Å². The Morgan fingerprint density at radius 1 is 1.03 bits per heavy atom. The van der Waals surface area contributed by atoms with E-state index in [0.29, 0.717) is 11.6 Å². The van der Waals surface area contributed by atoms with Crippen LogP contribution in [0, 0.1) is 11.8 Å². The van der Waals surface area contributed by atoms with Gasteiger partial charge in [-0.25, -0.2) is 0 Å². The highest BCUT2D eigenvalue weighted by atomic mass is 16.3. The predicted octanol–water partition coefficient (Wildman–Crippen LogP) is 3.23. The van der Waals surface area contributed by atoms with Crippen molar-refractivity contribution in [3.05, 3.63) is 66.9 Å². The van der Waals surface area contributed by atoms with E-state index in [9.17, 15) is 9.90 Å². The number of likely N-dealkylation sites (tertiary alicyclic amines) is 1. The largest absolute Gasteiger partial charge is 0.508 e. The van der Waals surface area contributed by atoms with Crippen molar-refractivity contribution in [1.82, 2.24) is 9.80 Å². The Hall–Kier alpha value is -2.99. The first kappa shape index (κ1) is 21.2. The Labute approximate surface area is 184 Å². The molecule has 1 amide bonds. The summed E-state index contributed by atoms with van der Waals surface area (Å²) in [5, 5.41) is 12.4. The van der Waals surface area contributed by atoms with Gasteiger partial charge in [0.15, 0.2) is 0 Å². The van der Waals surface area contributed by atoms with Gasteiger partial charge in [-0.15, -0.1) is 0 Å². The second-order valence-corrected chi connectivity index (χ2v) is 8.69. The van der Waals surface area contributed by atoms with Gasteiger partial charge in [-0.3, -0.25) is 9.69 Å². The fourth-order valence-corrected chi connectivity index (χ4v) is 4.60. The molecule has 0 aromatic heterocycles. The molecule has 2 heterocycles. The van der Waals surface area contributed by atoms with Crippen LogP contribution >= 0.6 is 0 Å². The minimum atomic E-state index is -0.0449. The molecule has 0 bridgehead atoms.